The highest BCUT2D eigenvalue weighted by atomic mass is 79.9. The smallest absolute Gasteiger partial charge is 0.352 e. The van der Waals surface area contributed by atoms with Crippen LogP contribution in [-0.4, -0.2) is 68.6 Å². The highest BCUT2D eigenvalue weighted by molar-refractivity contribution is 9.09. The fraction of sp³-hybridized carbons (Fsp3) is 0.500. The van der Waals surface area contributed by atoms with E-state index >= 15 is 0 Å². The van der Waals surface area contributed by atoms with Gasteiger partial charge in [-0.05, 0) is 0 Å². The third kappa shape index (κ3) is 4.21. The number of carboxylic acids is 1. The quantitative estimate of drug-likeness (QED) is 0.240. The molecule has 2 atom stereocenters. The molecule has 11 heteroatoms. The molecule has 2 amide bonds. The largest absolute Gasteiger partial charge is 0.477 e. The maximum absolute atomic E-state index is 12.3. The third-order valence-corrected chi connectivity index (χ3v) is 5.49. The molecule has 0 aromatic heterocycles. The van der Waals surface area contributed by atoms with Crippen LogP contribution < -0.4 is 5.32 Å². The first kappa shape index (κ1) is 19.4. The normalized spacial score (nSPS) is 22.0. The van der Waals surface area contributed by atoms with Gasteiger partial charge < -0.3 is 15.2 Å². The van der Waals surface area contributed by atoms with Gasteiger partial charge in [0.2, 0.25) is 5.91 Å². The van der Waals surface area contributed by atoms with E-state index in [0.29, 0.717) is 5.57 Å². The fourth-order valence-corrected chi connectivity index (χ4v) is 3.96. The van der Waals surface area contributed by atoms with Gasteiger partial charge in [-0.3, -0.25) is 24.1 Å². The molecule has 2 aliphatic rings. The van der Waals surface area contributed by atoms with Gasteiger partial charge in [-0.1, -0.05) is 15.9 Å². The van der Waals surface area contributed by atoms with Crippen LogP contribution in [0, 0.1) is 0 Å². The van der Waals surface area contributed by atoms with Crippen LogP contribution in [-0.2, 0) is 28.7 Å². The standard InChI is InChI=1S/C14H15BrN2O7S/c1-6(18)24-4-7-5-25-13-10(16-9(20)2-8(19)3-15)12(21)17(13)11(7)14(22)23/h10,13H,2-5H2,1H3,(H,16,20)(H,22,23)/t10?,13-/m0/s1. The number of aliphatic carboxylic acids is 1. The number of amides is 2. The lowest BCUT2D eigenvalue weighted by Gasteiger charge is -2.49. The zero-order valence-electron chi connectivity index (χ0n) is 13.1. The molecule has 2 aliphatic heterocycles. The van der Waals surface area contributed by atoms with Gasteiger partial charge in [0, 0.05) is 18.2 Å². The van der Waals surface area contributed by atoms with E-state index in [1.807, 2.05) is 0 Å². The molecule has 25 heavy (non-hydrogen) atoms. The van der Waals surface area contributed by atoms with Crippen molar-refractivity contribution < 1.29 is 33.8 Å². The van der Waals surface area contributed by atoms with E-state index in [9.17, 15) is 29.1 Å². The van der Waals surface area contributed by atoms with E-state index in [1.165, 1.54) is 18.7 Å². The zero-order valence-corrected chi connectivity index (χ0v) is 15.5. The topological polar surface area (TPSA) is 130 Å². The van der Waals surface area contributed by atoms with Crippen molar-refractivity contribution in [2.24, 2.45) is 0 Å². The predicted octanol–water partition coefficient (Wildman–Crippen LogP) is -0.358. The molecule has 0 aromatic carbocycles. The van der Waals surface area contributed by atoms with E-state index < -0.39 is 35.2 Å². The zero-order chi connectivity index (χ0) is 18.7. The number of rotatable bonds is 7. The van der Waals surface area contributed by atoms with Crippen LogP contribution in [0.1, 0.15) is 13.3 Å². The van der Waals surface area contributed by atoms with Gasteiger partial charge in [0.15, 0.2) is 5.78 Å². The first-order chi connectivity index (χ1) is 11.8. The molecule has 2 N–H and O–H groups in total. The molecular weight excluding hydrogens is 420 g/mol. The van der Waals surface area contributed by atoms with Crippen molar-refractivity contribution in [3.8, 4) is 0 Å². The minimum absolute atomic E-state index is 0.0365. The molecule has 0 spiro atoms. The SMILES string of the molecule is CC(=O)OCC1=C(C(=O)O)N2C(=O)C(NC(=O)CC(=O)CBr)[C@@H]2SC1. The minimum atomic E-state index is -1.31. The second kappa shape index (κ2) is 8.00. The number of alkyl halides is 1. The fourth-order valence-electron chi connectivity index (χ4n) is 2.43. The van der Waals surface area contributed by atoms with E-state index in [4.69, 9.17) is 4.74 Å². The lowest BCUT2D eigenvalue weighted by atomic mass is 10.0. The van der Waals surface area contributed by atoms with Gasteiger partial charge in [0.05, 0.1) is 11.8 Å². The Morgan fingerprint density at radius 1 is 1.40 bits per heavy atom. The summed E-state index contributed by atoms with van der Waals surface area (Å²) in [6.07, 6.45) is -0.355. The number of carbonyl (C=O) groups excluding carboxylic acids is 4. The molecule has 2 heterocycles. The number of carboxylic acid groups (broad SMARTS) is 1. The van der Waals surface area contributed by atoms with Crippen LogP contribution in [0.5, 0.6) is 0 Å². The maximum atomic E-state index is 12.3. The summed E-state index contributed by atoms with van der Waals surface area (Å²) in [5, 5.41) is 11.3. The Labute approximate surface area is 155 Å². The summed E-state index contributed by atoms with van der Waals surface area (Å²) in [6.45, 7) is 0.992. The number of nitrogens with zero attached hydrogens (tertiary/aromatic N) is 1. The average Bonchev–Trinajstić information content (AvgIpc) is 2.56. The lowest BCUT2D eigenvalue weighted by molar-refractivity contribution is -0.151. The van der Waals surface area contributed by atoms with E-state index in [0.717, 1.165) is 4.90 Å². The Morgan fingerprint density at radius 2 is 2.08 bits per heavy atom. The molecule has 0 aromatic rings. The number of esters is 1. The van der Waals surface area contributed by atoms with Gasteiger partial charge in [-0.2, -0.15) is 0 Å². The number of fused-ring (bicyclic) bond motifs is 1. The summed E-state index contributed by atoms with van der Waals surface area (Å²) >= 11 is 4.20. The number of Topliss-reactive ketones (excluding diaryl/α,β-unsaturated/α-hetero) is 1. The monoisotopic (exact) mass is 434 g/mol. The Morgan fingerprint density at radius 3 is 2.64 bits per heavy atom. The Balaban J connectivity index is 2.10. The van der Waals surface area contributed by atoms with Crippen LogP contribution in [0.2, 0.25) is 0 Å². The van der Waals surface area contributed by atoms with Crippen molar-refractivity contribution in [3.05, 3.63) is 11.3 Å². The van der Waals surface area contributed by atoms with Gasteiger partial charge in [-0.15, -0.1) is 11.8 Å². The average molecular weight is 435 g/mol. The summed E-state index contributed by atoms with van der Waals surface area (Å²) in [5.41, 5.74) is 0.0913. The molecule has 2 rings (SSSR count). The minimum Gasteiger partial charge on any atom is -0.477 e. The van der Waals surface area contributed by atoms with Crippen molar-refractivity contribution >= 4 is 57.2 Å². The van der Waals surface area contributed by atoms with Crippen LogP contribution in [0.15, 0.2) is 11.3 Å². The second-order valence-corrected chi connectivity index (χ2v) is 7.01. The Hall–Kier alpha value is -1.88. The molecule has 1 fully saturated rings. The van der Waals surface area contributed by atoms with E-state index in [2.05, 4.69) is 21.2 Å². The number of nitrogens with one attached hydrogen (secondary N) is 1. The maximum Gasteiger partial charge on any atom is 0.352 e. The number of thioether (sulfide) groups is 1. The van der Waals surface area contributed by atoms with Gasteiger partial charge in [0.1, 0.15) is 23.7 Å². The second-order valence-electron chi connectivity index (χ2n) is 5.34. The molecule has 1 unspecified atom stereocenters. The molecule has 0 saturated carbocycles. The molecular formula is C14H15BrN2O7S. The first-order valence-electron chi connectivity index (χ1n) is 7.16. The highest BCUT2D eigenvalue weighted by Gasteiger charge is 2.54. The molecule has 136 valence electrons. The summed E-state index contributed by atoms with van der Waals surface area (Å²) < 4.78 is 4.83. The number of ketones is 1. The molecule has 0 aliphatic carbocycles. The van der Waals surface area contributed by atoms with Crippen LogP contribution in [0.4, 0.5) is 0 Å². The highest BCUT2D eigenvalue weighted by Crippen LogP contribution is 2.40. The summed E-state index contributed by atoms with van der Waals surface area (Å²) in [7, 11) is 0. The van der Waals surface area contributed by atoms with Crippen molar-refractivity contribution in [3.63, 3.8) is 0 Å². The number of ether oxygens (including phenoxy) is 1. The molecule has 9 nitrogen and oxygen atoms in total. The first-order valence-corrected chi connectivity index (χ1v) is 9.33. The van der Waals surface area contributed by atoms with Crippen molar-refractivity contribution in [2.45, 2.75) is 24.8 Å². The number of halogens is 1. The molecule has 0 bridgehead atoms. The number of carbonyl (C=O) groups is 5. The number of hydrogen-bond acceptors (Lipinski definition) is 7. The Bertz CT molecular complexity index is 678. The van der Waals surface area contributed by atoms with E-state index in [1.54, 1.807) is 0 Å². The summed E-state index contributed by atoms with van der Waals surface area (Å²) in [5.74, 6) is -3.10. The van der Waals surface area contributed by atoms with E-state index in [-0.39, 0.29) is 35.6 Å². The number of β-lactam (4-membered cyclic amide) rings is 1. The third-order valence-electron chi connectivity index (χ3n) is 3.52. The summed E-state index contributed by atoms with van der Waals surface area (Å²) in [6, 6.07) is -0.884. The number of hydrogen-bond donors (Lipinski definition) is 2. The van der Waals surface area contributed by atoms with Crippen LogP contribution >= 0.6 is 27.7 Å². The van der Waals surface area contributed by atoms with Gasteiger partial charge in [0.25, 0.3) is 5.91 Å². The van der Waals surface area contributed by atoms with Crippen LogP contribution in [0.3, 0.4) is 0 Å². The van der Waals surface area contributed by atoms with Crippen LogP contribution in [0.25, 0.3) is 0 Å². The lowest BCUT2D eigenvalue weighted by Crippen LogP contribution is -2.70. The molecule has 1 saturated heterocycles. The summed E-state index contributed by atoms with van der Waals surface area (Å²) in [4.78, 5) is 58.8. The Kier molecular flexibility index (Phi) is 6.22. The van der Waals surface area contributed by atoms with Gasteiger partial charge >= 0.3 is 11.9 Å². The van der Waals surface area contributed by atoms with Crippen molar-refractivity contribution in [1.29, 1.82) is 0 Å². The van der Waals surface area contributed by atoms with Crippen molar-refractivity contribution in [2.75, 3.05) is 17.7 Å². The van der Waals surface area contributed by atoms with Gasteiger partial charge in [-0.25, -0.2) is 4.79 Å². The molecule has 0 radical (unpaired) electrons. The predicted molar refractivity (Wildman–Crippen MR) is 89.7 cm³/mol. The van der Waals surface area contributed by atoms with Crippen molar-refractivity contribution in [1.82, 2.24) is 10.2 Å².